The topological polar surface area (TPSA) is 55.1 Å². The lowest BCUT2D eigenvalue weighted by Gasteiger charge is -2.07. The SMILES string of the molecule is CCc1nn(-c2cc(C)ccc2C)c2sc(C(=O)O)cc12. The van der Waals surface area contributed by atoms with E-state index in [1.807, 2.05) is 25.5 Å². The lowest BCUT2D eigenvalue weighted by atomic mass is 10.1. The molecule has 0 fully saturated rings. The highest BCUT2D eigenvalue weighted by atomic mass is 32.1. The van der Waals surface area contributed by atoms with Crippen molar-refractivity contribution in [2.24, 2.45) is 0 Å². The summed E-state index contributed by atoms with van der Waals surface area (Å²) in [6.45, 7) is 6.12. The van der Waals surface area contributed by atoms with E-state index < -0.39 is 5.97 Å². The van der Waals surface area contributed by atoms with Crippen LogP contribution < -0.4 is 0 Å². The second-order valence-electron chi connectivity index (χ2n) is 5.14. The van der Waals surface area contributed by atoms with E-state index in [9.17, 15) is 9.90 Å². The highest BCUT2D eigenvalue weighted by Crippen LogP contribution is 2.32. The highest BCUT2D eigenvalue weighted by molar-refractivity contribution is 7.20. The summed E-state index contributed by atoms with van der Waals surface area (Å²) in [7, 11) is 0. The lowest BCUT2D eigenvalue weighted by Crippen LogP contribution is -2.00. The summed E-state index contributed by atoms with van der Waals surface area (Å²) in [5.74, 6) is -0.884. The maximum Gasteiger partial charge on any atom is 0.345 e. The minimum absolute atomic E-state index is 0.358. The van der Waals surface area contributed by atoms with Gasteiger partial charge in [-0.15, -0.1) is 11.3 Å². The minimum atomic E-state index is -0.884. The number of thiophene rings is 1. The number of carbonyl (C=O) groups is 1. The molecule has 2 heterocycles. The molecule has 1 aromatic carbocycles. The van der Waals surface area contributed by atoms with Crippen LogP contribution in [-0.4, -0.2) is 20.9 Å². The Bertz CT molecular complexity index is 845. The first-order chi connectivity index (χ1) is 10.0. The number of hydrogen-bond acceptors (Lipinski definition) is 3. The van der Waals surface area contributed by atoms with Gasteiger partial charge in [-0.3, -0.25) is 0 Å². The largest absolute Gasteiger partial charge is 0.477 e. The van der Waals surface area contributed by atoms with Gasteiger partial charge in [-0.25, -0.2) is 9.48 Å². The van der Waals surface area contributed by atoms with Gasteiger partial charge in [0, 0.05) is 5.39 Å². The molecule has 3 rings (SSSR count). The van der Waals surface area contributed by atoms with Gasteiger partial charge in [0.2, 0.25) is 0 Å². The van der Waals surface area contributed by atoms with E-state index in [1.165, 1.54) is 11.3 Å². The third kappa shape index (κ3) is 2.23. The zero-order valence-electron chi connectivity index (χ0n) is 12.2. The third-order valence-electron chi connectivity index (χ3n) is 3.57. The average Bonchev–Trinajstić information content (AvgIpc) is 3.00. The predicted molar refractivity (Wildman–Crippen MR) is 84.8 cm³/mol. The number of fused-ring (bicyclic) bond motifs is 1. The smallest absolute Gasteiger partial charge is 0.345 e. The van der Waals surface area contributed by atoms with Crippen LogP contribution in [0.4, 0.5) is 0 Å². The monoisotopic (exact) mass is 300 g/mol. The number of aromatic nitrogens is 2. The van der Waals surface area contributed by atoms with Gasteiger partial charge < -0.3 is 5.11 Å². The van der Waals surface area contributed by atoms with E-state index in [0.29, 0.717) is 4.88 Å². The van der Waals surface area contributed by atoms with Crippen molar-refractivity contribution in [3.63, 3.8) is 0 Å². The summed E-state index contributed by atoms with van der Waals surface area (Å²) in [5, 5.41) is 14.8. The van der Waals surface area contributed by atoms with Gasteiger partial charge >= 0.3 is 5.97 Å². The second kappa shape index (κ2) is 5.00. The van der Waals surface area contributed by atoms with Crippen LogP contribution in [0.15, 0.2) is 24.3 Å². The fraction of sp³-hybridized carbons (Fsp3) is 0.250. The van der Waals surface area contributed by atoms with Gasteiger partial charge in [0.05, 0.1) is 11.4 Å². The van der Waals surface area contributed by atoms with Gasteiger partial charge in [-0.2, -0.15) is 5.10 Å². The molecule has 0 aliphatic rings. The van der Waals surface area contributed by atoms with Crippen molar-refractivity contribution in [2.75, 3.05) is 0 Å². The molecule has 0 aliphatic heterocycles. The molecule has 0 atom stereocenters. The number of aryl methyl sites for hydroxylation is 3. The summed E-state index contributed by atoms with van der Waals surface area (Å²) >= 11 is 1.28. The van der Waals surface area contributed by atoms with Gasteiger partial charge in [0.15, 0.2) is 0 Å². The van der Waals surface area contributed by atoms with Crippen LogP contribution in [0, 0.1) is 13.8 Å². The maximum atomic E-state index is 11.2. The van der Waals surface area contributed by atoms with Gasteiger partial charge in [0.1, 0.15) is 9.71 Å². The molecule has 0 saturated carbocycles. The summed E-state index contributed by atoms with van der Waals surface area (Å²) in [5.41, 5.74) is 4.23. The molecule has 108 valence electrons. The Kier molecular flexibility index (Phi) is 3.29. The number of carboxylic acids is 1. The lowest BCUT2D eigenvalue weighted by molar-refractivity contribution is 0.0702. The molecule has 0 unspecified atom stereocenters. The Hall–Kier alpha value is -2.14. The Morgan fingerprint density at radius 2 is 2.10 bits per heavy atom. The second-order valence-corrected chi connectivity index (χ2v) is 6.17. The van der Waals surface area contributed by atoms with Crippen LogP contribution in [0.25, 0.3) is 15.9 Å². The van der Waals surface area contributed by atoms with Crippen molar-refractivity contribution in [3.05, 3.63) is 46.0 Å². The zero-order valence-corrected chi connectivity index (χ0v) is 13.0. The molecule has 4 nitrogen and oxygen atoms in total. The quantitative estimate of drug-likeness (QED) is 0.796. The third-order valence-corrected chi connectivity index (χ3v) is 4.67. The minimum Gasteiger partial charge on any atom is -0.477 e. The van der Waals surface area contributed by atoms with Crippen molar-refractivity contribution in [3.8, 4) is 5.69 Å². The van der Waals surface area contributed by atoms with E-state index in [1.54, 1.807) is 6.07 Å². The molecule has 3 aromatic rings. The molecule has 0 saturated heterocycles. The number of aromatic carboxylic acids is 1. The van der Waals surface area contributed by atoms with Gasteiger partial charge in [0.25, 0.3) is 0 Å². The number of carboxylic acid groups (broad SMARTS) is 1. The Morgan fingerprint density at radius 3 is 2.76 bits per heavy atom. The first-order valence-corrected chi connectivity index (χ1v) is 7.65. The molecule has 0 spiro atoms. The van der Waals surface area contributed by atoms with Crippen molar-refractivity contribution in [1.29, 1.82) is 0 Å². The van der Waals surface area contributed by atoms with Crippen LogP contribution in [0.2, 0.25) is 0 Å². The first kappa shape index (κ1) is 13.8. The van der Waals surface area contributed by atoms with Crippen molar-refractivity contribution in [1.82, 2.24) is 9.78 Å². The number of hydrogen-bond donors (Lipinski definition) is 1. The van der Waals surface area contributed by atoms with Crippen LogP contribution in [0.5, 0.6) is 0 Å². The van der Waals surface area contributed by atoms with Crippen LogP contribution in [0.3, 0.4) is 0 Å². The van der Waals surface area contributed by atoms with E-state index in [4.69, 9.17) is 0 Å². The first-order valence-electron chi connectivity index (χ1n) is 6.83. The van der Waals surface area contributed by atoms with Crippen molar-refractivity contribution >= 4 is 27.5 Å². The Morgan fingerprint density at radius 1 is 1.33 bits per heavy atom. The summed E-state index contributed by atoms with van der Waals surface area (Å²) in [4.78, 5) is 12.5. The molecule has 1 N–H and O–H groups in total. The fourth-order valence-corrected chi connectivity index (χ4v) is 3.43. The standard InChI is InChI=1S/C16H16N2O2S/c1-4-12-11-8-14(16(19)20)21-15(11)18(17-12)13-7-9(2)5-6-10(13)3/h5-8H,4H2,1-3H3,(H,19,20). The van der Waals surface area contributed by atoms with Gasteiger partial charge in [-0.1, -0.05) is 19.1 Å². The van der Waals surface area contributed by atoms with Gasteiger partial charge in [-0.05, 0) is 43.5 Å². The maximum absolute atomic E-state index is 11.2. The fourth-order valence-electron chi connectivity index (χ4n) is 2.44. The van der Waals surface area contributed by atoms with Crippen molar-refractivity contribution < 1.29 is 9.90 Å². The predicted octanol–water partition coefficient (Wildman–Crippen LogP) is 3.96. The molecule has 21 heavy (non-hydrogen) atoms. The van der Waals surface area contributed by atoms with Crippen LogP contribution in [-0.2, 0) is 6.42 Å². The van der Waals surface area contributed by atoms with Crippen LogP contribution in [0.1, 0.15) is 33.4 Å². The molecular formula is C16H16N2O2S. The number of nitrogens with zero attached hydrogens (tertiary/aromatic N) is 2. The number of benzene rings is 1. The molecule has 0 bridgehead atoms. The molecule has 0 amide bonds. The molecular weight excluding hydrogens is 284 g/mol. The van der Waals surface area contributed by atoms with Crippen LogP contribution >= 0.6 is 11.3 Å². The van der Waals surface area contributed by atoms with Crippen molar-refractivity contribution in [2.45, 2.75) is 27.2 Å². The van der Waals surface area contributed by atoms with E-state index in [2.05, 4.69) is 23.3 Å². The Labute approximate surface area is 126 Å². The summed E-state index contributed by atoms with van der Waals surface area (Å²) in [6, 6.07) is 7.95. The molecule has 2 aromatic heterocycles. The molecule has 5 heteroatoms. The number of rotatable bonds is 3. The normalized spacial score (nSPS) is 11.2. The zero-order chi connectivity index (χ0) is 15.1. The van der Waals surface area contributed by atoms with E-state index >= 15 is 0 Å². The summed E-state index contributed by atoms with van der Waals surface area (Å²) < 4.78 is 1.88. The molecule has 0 aliphatic carbocycles. The average molecular weight is 300 g/mol. The van der Waals surface area contributed by atoms with E-state index in [-0.39, 0.29) is 0 Å². The Balaban J connectivity index is 2.31. The highest BCUT2D eigenvalue weighted by Gasteiger charge is 2.18. The molecule has 0 radical (unpaired) electrons. The van der Waals surface area contributed by atoms with E-state index in [0.717, 1.165) is 39.1 Å². The summed E-state index contributed by atoms with van der Waals surface area (Å²) in [6.07, 6.45) is 0.782.